The van der Waals surface area contributed by atoms with Crippen LogP contribution in [-0.4, -0.2) is 22.1 Å². The van der Waals surface area contributed by atoms with Gasteiger partial charge in [0.2, 0.25) is 0 Å². The second-order valence-electron chi connectivity index (χ2n) is 8.25. The van der Waals surface area contributed by atoms with Gasteiger partial charge in [0.15, 0.2) is 5.78 Å². The van der Waals surface area contributed by atoms with E-state index in [1.54, 1.807) is 30.5 Å². The number of ketones is 1. The fourth-order valence-corrected chi connectivity index (χ4v) is 3.95. The second kappa shape index (κ2) is 9.13. The van der Waals surface area contributed by atoms with E-state index in [1.165, 1.54) is 0 Å². The number of aromatic hydroxyl groups is 1. The predicted molar refractivity (Wildman–Crippen MR) is 122 cm³/mol. The molecular weight excluding hydrogens is 431 g/mol. The summed E-state index contributed by atoms with van der Waals surface area (Å²) in [5, 5.41) is 16.3. The molecule has 5 nitrogen and oxygen atoms in total. The van der Waals surface area contributed by atoms with Crippen LogP contribution >= 0.6 is 0 Å². The number of hydrogen-bond acceptors (Lipinski definition) is 5. The number of unbranched alkanes of at least 4 members (excludes halogenated alkanes) is 1. The fourth-order valence-electron chi connectivity index (χ4n) is 3.95. The Hall–Kier alpha value is -3.55. The molecule has 0 unspecified atom stereocenters. The summed E-state index contributed by atoms with van der Waals surface area (Å²) in [4.78, 5) is 17.6. The number of aromatic nitrogens is 1. The van der Waals surface area contributed by atoms with E-state index in [0.717, 1.165) is 22.4 Å². The minimum Gasteiger partial charge on any atom is -0.508 e. The van der Waals surface area contributed by atoms with Gasteiger partial charge in [-0.2, -0.15) is 13.2 Å². The van der Waals surface area contributed by atoms with Crippen molar-refractivity contribution in [3.63, 3.8) is 0 Å². The number of aryl methyl sites for hydroxylation is 2. The number of benzene rings is 2. The number of alkyl halides is 3. The molecule has 3 N–H and O–H groups in total. The van der Waals surface area contributed by atoms with Crippen molar-refractivity contribution >= 4 is 28.7 Å². The molecule has 0 saturated heterocycles. The monoisotopic (exact) mass is 455 g/mol. The number of hydrogen-bond donors (Lipinski definition) is 3. The van der Waals surface area contributed by atoms with Crippen molar-refractivity contribution in [1.29, 1.82) is 0 Å². The third-order valence-electron chi connectivity index (χ3n) is 5.67. The number of carbonyl (C=O) groups is 1. The molecule has 1 aromatic heterocycles. The van der Waals surface area contributed by atoms with E-state index in [0.29, 0.717) is 35.6 Å². The summed E-state index contributed by atoms with van der Waals surface area (Å²) in [6, 6.07) is 12.3. The summed E-state index contributed by atoms with van der Waals surface area (Å²) in [5.41, 5.74) is 5.02. The Morgan fingerprint density at radius 2 is 1.91 bits per heavy atom. The predicted octanol–water partition coefficient (Wildman–Crippen LogP) is 6.60. The van der Waals surface area contributed by atoms with E-state index < -0.39 is 12.6 Å². The average molecular weight is 455 g/mol. The quantitative estimate of drug-likeness (QED) is 0.365. The van der Waals surface area contributed by atoms with E-state index in [1.807, 2.05) is 25.1 Å². The lowest BCUT2D eigenvalue weighted by Gasteiger charge is -2.15. The zero-order valence-electron chi connectivity index (χ0n) is 18.1. The van der Waals surface area contributed by atoms with Crippen LogP contribution in [0, 0.1) is 6.92 Å². The first-order valence-electron chi connectivity index (χ1n) is 10.7. The number of phenols is 1. The summed E-state index contributed by atoms with van der Waals surface area (Å²) >= 11 is 0. The van der Waals surface area contributed by atoms with Crippen LogP contribution in [0.15, 0.2) is 48.7 Å². The molecule has 4 rings (SSSR count). The molecule has 172 valence electrons. The molecule has 2 aromatic carbocycles. The maximum atomic E-state index is 13.2. The van der Waals surface area contributed by atoms with E-state index in [2.05, 4.69) is 15.6 Å². The Morgan fingerprint density at radius 3 is 2.70 bits per heavy atom. The second-order valence-corrected chi connectivity index (χ2v) is 8.25. The summed E-state index contributed by atoms with van der Waals surface area (Å²) < 4.78 is 37.1. The van der Waals surface area contributed by atoms with Crippen LogP contribution in [0.25, 0.3) is 0 Å². The molecule has 0 radical (unpaired) electrons. The number of pyridine rings is 1. The first-order valence-corrected chi connectivity index (χ1v) is 10.7. The third-order valence-corrected chi connectivity index (χ3v) is 5.67. The lowest BCUT2D eigenvalue weighted by atomic mass is 9.99. The fraction of sp³-hybridized carbons (Fsp3) is 0.280. The van der Waals surface area contributed by atoms with Gasteiger partial charge in [-0.3, -0.25) is 4.79 Å². The average Bonchev–Trinajstić information content (AvgIpc) is 2.89. The van der Waals surface area contributed by atoms with Gasteiger partial charge in [0.05, 0.1) is 11.3 Å². The van der Waals surface area contributed by atoms with Gasteiger partial charge in [-0.05, 0) is 61.1 Å². The topological polar surface area (TPSA) is 74.2 Å². The SMILES string of the molecule is Cc1ccc(O)cc1Nc1ccnc2c1C(=O)Cc1cc(CCCCC(F)(F)F)ccc1N2. The number of anilines is 4. The Labute approximate surface area is 189 Å². The third kappa shape index (κ3) is 5.45. The maximum absolute atomic E-state index is 13.2. The maximum Gasteiger partial charge on any atom is 0.389 e. The smallest absolute Gasteiger partial charge is 0.389 e. The van der Waals surface area contributed by atoms with Crippen LogP contribution in [0.4, 0.5) is 36.1 Å². The molecule has 0 amide bonds. The van der Waals surface area contributed by atoms with E-state index in [9.17, 15) is 23.1 Å². The van der Waals surface area contributed by atoms with Crippen molar-refractivity contribution in [2.45, 2.75) is 45.2 Å². The van der Waals surface area contributed by atoms with Crippen LogP contribution in [0.1, 0.15) is 46.3 Å². The molecule has 3 aromatic rings. The molecule has 0 spiro atoms. The highest BCUT2D eigenvalue weighted by atomic mass is 19.4. The number of fused-ring (bicyclic) bond motifs is 2. The minimum atomic E-state index is -4.13. The first-order chi connectivity index (χ1) is 15.7. The van der Waals surface area contributed by atoms with Gasteiger partial charge in [-0.15, -0.1) is 0 Å². The number of halogens is 3. The Morgan fingerprint density at radius 1 is 1.09 bits per heavy atom. The number of Topliss-reactive ketones (excluding diaryl/α,β-unsaturated/α-hetero) is 1. The van der Waals surface area contributed by atoms with Crippen molar-refractivity contribution in [2.24, 2.45) is 0 Å². The van der Waals surface area contributed by atoms with Crippen molar-refractivity contribution < 1.29 is 23.1 Å². The van der Waals surface area contributed by atoms with Gasteiger partial charge in [-0.25, -0.2) is 4.98 Å². The largest absolute Gasteiger partial charge is 0.508 e. The molecule has 8 heteroatoms. The van der Waals surface area contributed by atoms with Gasteiger partial charge in [0.1, 0.15) is 11.6 Å². The van der Waals surface area contributed by atoms with Crippen molar-refractivity contribution in [1.82, 2.24) is 4.98 Å². The molecule has 0 saturated carbocycles. The minimum absolute atomic E-state index is 0.0800. The highest BCUT2D eigenvalue weighted by molar-refractivity contribution is 6.09. The van der Waals surface area contributed by atoms with Crippen LogP contribution in [0.5, 0.6) is 5.75 Å². The lowest BCUT2D eigenvalue weighted by molar-refractivity contribution is -0.135. The van der Waals surface area contributed by atoms with Gasteiger partial charge < -0.3 is 15.7 Å². The summed E-state index contributed by atoms with van der Waals surface area (Å²) in [7, 11) is 0. The normalized spacial score (nSPS) is 13.0. The molecule has 1 aliphatic rings. The van der Waals surface area contributed by atoms with Crippen LogP contribution in [0.2, 0.25) is 0 Å². The van der Waals surface area contributed by atoms with Crippen molar-refractivity contribution in [2.75, 3.05) is 10.6 Å². The number of carbonyl (C=O) groups excluding carboxylic acids is 1. The van der Waals surface area contributed by atoms with E-state index in [-0.39, 0.29) is 24.4 Å². The molecule has 0 fully saturated rings. The number of rotatable bonds is 6. The highest BCUT2D eigenvalue weighted by Crippen LogP contribution is 2.35. The van der Waals surface area contributed by atoms with Gasteiger partial charge in [0, 0.05) is 36.5 Å². The molecule has 0 bridgehead atoms. The molecule has 0 atom stereocenters. The summed E-state index contributed by atoms with van der Waals surface area (Å²) in [5.74, 6) is 0.418. The first kappa shape index (κ1) is 22.6. The van der Waals surface area contributed by atoms with Gasteiger partial charge in [-0.1, -0.05) is 18.2 Å². The Kier molecular flexibility index (Phi) is 6.26. The number of nitrogens with one attached hydrogen (secondary N) is 2. The Balaban J connectivity index is 1.55. The van der Waals surface area contributed by atoms with Crippen molar-refractivity contribution in [3.05, 3.63) is 70.9 Å². The van der Waals surface area contributed by atoms with Gasteiger partial charge >= 0.3 is 6.18 Å². The molecule has 0 aliphatic carbocycles. The van der Waals surface area contributed by atoms with Gasteiger partial charge in [0.25, 0.3) is 0 Å². The number of phenolic OH excluding ortho intramolecular Hbond substituents is 1. The molecule has 2 heterocycles. The van der Waals surface area contributed by atoms with Crippen LogP contribution in [0.3, 0.4) is 0 Å². The van der Waals surface area contributed by atoms with Crippen LogP contribution < -0.4 is 10.6 Å². The molecular formula is C25H24F3N3O2. The zero-order chi connectivity index (χ0) is 23.6. The highest BCUT2D eigenvalue weighted by Gasteiger charge is 2.26. The zero-order valence-corrected chi connectivity index (χ0v) is 18.1. The van der Waals surface area contributed by atoms with Crippen molar-refractivity contribution in [3.8, 4) is 5.75 Å². The standard InChI is InChI=1S/C25H24F3N3O2/c1-15-5-7-18(32)14-21(15)30-20-9-11-29-24-23(20)22(33)13-17-12-16(6-8-19(17)31-24)4-2-3-10-25(26,27)28/h5-9,11-12,14,32H,2-4,10,13H2,1H3,(H2,29,30,31). The van der Waals surface area contributed by atoms with E-state index in [4.69, 9.17) is 0 Å². The lowest BCUT2D eigenvalue weighted by Crippen LogP contribution is -2.08. The molecule has 1 aliphatic heterocycles. The number of nitrogens with zero attached hydrogens (tertiary/aromatic N) is 1. The Bertz CT molecular complexity index is 1190. The molecule has 33 heavy (non-hydrogen) atoms. The van der Waals surface area contributed by atoms with Crippen LogP contribution in [-0.2, 0) is 12.8 Å². The van der Waals surface area contributed by atoms with E-state index >= 15 is 0 Å². The summed E-state index contributed by atoms with van der Waals surface area (Å²) in [6.45, 7) is 1.90. The summed E-state index contributed by atoms with van der Waals surface area (Å²) in [6.07, 6.45) is -2.15.